The van der Waals surface area contributed by atoms with Crippen LogP contribution < -0.4 is 10.5 Å². The highest BCUT2D eigenvalue weighted by Gasteiger charge is 2.35. The number of alkyl halides is 1. The Morgan fingerprint density at radius 3 is 3.07 bits per heavy atom. The highest BCUT2D eigenvalue weighted by molar-refractivity contribution is 6.30. The molecule has 1 aliphatic rings. The fraction of sp³-hybridized carbons (Fsp3) is 0.455. The third-order valence-electron chi connectivity index (χ3n) is 2.67. The third kappa shape index (κ3) is 1.94. The van der Waals surface area contributed by atoms with E-state index in [1.807, 2.05) is 6.07 Å². The van der Waals surface area contributed by atoms with Crippen LogP contribution in [0.1, 0.15) is 24.9 Å². The molecule has 2 N–H and O–H groups in total. The Balaban J connectivity index is 2.41. The molecule has 2 unspecified atom stereocenters. The lowest BCUT2D eigenvalue weighted by atomic mass is 9.90. The summed E-state index contributed by atoms with van der Waals surface area (Å²) in [5.41, 5.74) is 6.03. The molecule has 2 rings (SSSR count). The van der Waals surface area contributed by atoms with Crippen LogP contribution in [0.3, 0.4) is 0 Å². The minimum atomic E-state index is -0.822. The van der Waals surface area contributed by atoms with E-state index < -0.39 is 12.3 Å². The van der Waals surface area contributed by atoms with Crippen molar-refractivity contribution in [2.45, 2.75) is 25.0 Å². The van der Waals surface area contributed by atoms with E-state index in [9.17, 15) is 4.39 Å². The van der Waals surface area contributed by atoms with E-state index in [2.05, 4.69) is 0 Å². The maximum Gasteiger partial charge on any atom is 0.136 e. The maximum atomic E-state index is 12.8. The summed E-state index contributed by atoms with van der Waals surface area (Å²) >= 11 is 5.85. The molecule has 1 aromatic carbocycles. The molecule has 1 aromatic rings. The van der Waals surface area contributed by atoms with Crippen molar-refractivity contribution in [3.05, 3.63) is 28.8 Å². The lowest BCUT2D eigenvalue weighted by Crippen LogP contribution is -2.42. The van der Waals surface area contributed by atoms with Crippen molar-refractivity contribution in [1.29, 1.82) is 0 Å². The third-order valence-corrected chi connectivity index (χ3v) is 2.90. The van der Waals surface area contributed by atoms with Gasteiger partial charge in [-0.25, -0.2) is 4.39 Å². The highest BCUT2D eigenvalue weighted by atomic mass is 35.5. The first kappa shape index (κ1) is 10.7. The number of hydrogen-bond donors (Lipinski definition) is 1. The van der Waals surface area contributed by atoms with Crippen molar-refractivity contribution in [3.63, 3.8) is 0 Å². The van der Waals surface area contributed by atoms with Gasteiger partial charge in [-0.05, 0) is 19.1 Å². The number of nitrogens with two attached hydrogens (primary N) is 1. The Bertz CT molecular complexity index is 385. The number of rotatable bonds is 1. The zero-order chi connectivity index (χ0) is 11.1. The normalized spacial score (nSPS) is 29.5. The van der Waals surface area contributed by atoms with Crippen LogP contribution in [-0.4, -0.2) is 12.3 Å². The number of halogens is 2. The molecule has 0 aliphatic carbocycles. The molecule has 0 aromatic heterocycles. The first-order valence-electron chi connectivity index (χ1n) is 4.84. The number of benzene rings is 1. The summed E-state index contributed by atoms with van der Waals surface area (Å²) < 4.78 is 18.4. The SMILES string of the molecule is CC1(CF)CC(N)c2ccc(Cl)cc2O1. The standard InChI is InChI=1S/C11H13ClFNO/c1-11(6-13)5-9(14)8-3-2-7(12)4-10(8)15-11/h2-4,9H,5-6,14H2,1H3. The van der Waals surface area contributed by atoms with E-state index in [0.29, 0.717) is 17.2 Å². The van der Waals surface area contributed by atoms with Crippen molar-refractivity contribution in [2.24, 2.45) is 5.73 Å². The van der Waals surface area contributed by atoms with Crippen LogP contribution in [-0.2, 0) is 0 Å². The summed E-state index contributed by atoms with van der Waals surface area (Å²) in [4.78, 5) is 0. The summed E-state index contributed by atoms with van der Waals surface area (Å²) in [6, 6.07) is 5.10. The van der Waals surface area contributed by atoms with E-state index >= 15 is 0 Å². The average Bonchev–Trinajstić information content (AvgIpc) is 2.16. The Hall–Kier alpha value is -0.800. The summed E-state index contributed by atoms with van der Waals surface area (Å²) in [5, 5.41) is 0.573. The topological polar surface area (TPSA) is 35.2 Å². The lowest BCUT2D eigenvalue weighted by Gasteiger charge is -2.36. The van der Waals surface area contributed by atoms with Gasteiger partial charge < -0.3 is 10.5 Å². The van der Waals surface area contributed by atoms with Gasteiger partial charge in [0.05, 0.1) is 0 Å². The van der Waals surface area contributed by atoms with Gasteiger partial charge in [0, 0.05) is 23.0 Å². The average molecular weight is 230 g/mol. The molecular weight excluding hydrogens is 217 g/mol. The molecule has 0 spiro atoms. The Kier molecular flexibility index (Phi) is 2.61. The van der Waals surface area contributed by atoms with Crippen LogP contribution in [0.5, 0.6) is 5.75 Å². The van der Waals surface area contributed by atoms with Gasteiger partial charge in [0.15, 0.2) is 0 Å². The smallest absolute Gasteiger partial charge is 0.136 e. The molecule has 82 valence electrons. The van der Waals surface area contributed by atoms with Gasteiger partial charge in [-0.2, -0.15) is 0 Å². The first-order valence-corrected chi connectivity index (χ1v) is 5.22. The second-order valence-electron chi connectivity index (χ2n) is 4.18. The fourth-order valence-electron chi connectivity index (χ4n) is 1.87. The predicted octanol–water partition coefficient (Wildman–Crippen LogP) is 2.85. The molecule has 1 heterocycles. The van der Waals surface area contributed by atoms with Crippen LogP contribution in [0, 0.1) is 0 Å². The van der Waals surface area contributed by atoms with Gasteiger partial charge in [0.25, 0.3) is 0 Å². The predicted molar refractivity (Wildman–Crippen MR) is 58.0 cm³/mol. The molecule has 2 atom stereocenters. The fourth-order valence-corrected chi connectivity index (χ4v) is 2.03. The molecule has 1 aliphatic heterocycles. The van der Waals surface area contributed by atoms with Crippen molar-refractivity contribution in [3.8, 4) is 5.75 Å². The minimum Gasteiger partial charge on any atom is -0.484 e. The Morgan fingerprint density at radius 1 is 1.67 bits per heavy atom. The number of hydrogen-bond acceptors (Lipinski definition) is 2. The molecule has 4 heteroatoms. The second-order valence-corrected chi connectivity index (χ2v) is 4.61. The van der Waals surface area contributed by atoms with E-state index in [4.69, 9.17) is 22.1 Å². The van der Waals surface area contributed by atoms with Gasteiger partial charge in [-0.1, -0.05) is 17.7 Å². The molecule has 0 radical (unpaired) electrons. The van der Waals surface area contributed by atoms with Gasteiger partial charge in [-0.3, -0.25) is 0 Å². The molecule has 0 fully saturated rings. The van der Waals surface area contributed by atoms with E-state index in [1.165, 1.54) is 0 Å². The first-order chi connectivity index (χ1) is 7.04. The number of ether oxygens (including phenoxy) is 1. The zero-order valence-electron chi connectivity index (χ0n) is 8.47. The van der Waals surface area contributed by atoms with Crippen LogP contribution in [0.25, 0.3) is 0 Å². The molecule has 0 bridgehead atoms. The van der Waals surface area contributed by atoms with Crippen LogP contribution in [0.15, 0.2) is 18.2 Å². The van der Waals surface area contributed by atoms with E-state index in [1.54, 1.807) is 19.1 Å². The maximum absolute atomic E-state index is 12.8. The van der Waals surface area contributed by atoms with Crippen LogP contribution >= 0.6 is 11.6 Å². The van der Waals surface area contributed by atoms with E-state index in [-0.39, 0.29) is 6.04 Å². The lowest BCUT2D eigenvalue weighted by molar-refractivity contribution is 0.0297. The van der Waals surface area contributed by atoms with Crippen LogP contribution in [0.2, 0.25) is 5.02 Å². The summed E-state index contributed by atoms with van der Waals surface area (Å²) in [6.45, 7) is 1.17. The monoisotopic (exact) mass is 229 g/mol. The number of fused-ring (bicyclic) bond motifs is 1. The quantitative estimate of drug-likeness (QED) is 0.804. The minimum absolute atomic E-state index is 0.188. The Morgan fingerprint density at radius 2 is 2.40 bits per heavy atom. The molecule has 0 saturated carbocycles. The van der Waals surface area contributed by atoms with Crippen molar-refractivity contribution in [2.75, 3.05) is 6.67 Å². The van der Waals surface area contributed by atoms with Gasteiger partial charge in [0.1, 0.15) is 18.0 Å². The summed E-state index contributed by atoms with van der Waals surface area (Å²) in [5.74, 6) is 0.599. The van der Waals surface area contributed by atoms with Crippen molar-refractivity contribution in [1.82, 2.24) is 0 Å². The zero-order valence-corrected chi connectivity index (χ0v) is 9.22. The molecule has 2 nitrogen and oxygen atoms in total. The molecule has 0 saturated heterocycles. The van der Waals surface area contributed by atoms with E-state index in [0.717, 1.165) is 5.56 Å². The highest BCUT2D eigenvalue weighted by Crippen LogP contribution is 2.39. The Labute approximate surface area is 93.2 Å². The van der Waals surface area contributed by atoms with Crippen molar-refractivity contribution < 1.29 is 9.13 Å². The second kappa shape index (κ2) is 3.65. The summed E-state index contributed by atoms with van der Waals surface area (Å²) in [6.07, 6.45) is 0.484. The van der Waals surface area contributed by atoms with Crippen molar-refractivity contribution >= 4 is 11.6 Å². The molecule has 15 heavy (non-hydrogen) atoms. The van der Waals surface area contributed by atoms with Gasteiger partial charge in [-0.15, -0.1) is 0 Å². The van der Waals surface area contributed by atoms with Crippen LogP contribution in [0.4, 0.5) is 4.39 Å². The molecular formula is C11H13ClFNO. The summed E-state index contributed by atoms with van der Waals surface area (Å²) in [7, 11) is 0. The van der Waals surface area contributed by atoms with Gasteiger partial charge >= 0.3 is 0 Å². The van der Waals surface area contributed by atoms with Gasteiger partial charge in [0.2, 0.25) is 0 Å². The molecule has 0 amide bonds. The largest absolute Gasteiger partial charge is 0.484 e.